The summed E-state index contributed by atoms with van der Waals surface area (Å²) in [7, 11) is -3.66. The maximum atomic E-state index is 12.4. The van der Waals surface area contributed by atoms with Crippen LogP contribution in [-0.4, -0.2) is 93.0 Å². The number of nitrogens with zero attached hydrogens (tertiary/aromatic N) is 2. The number of carboxylic acids is 1. The average Bonchev–Trinajstić information content (AvgIpc) is 2.99. The Kier molecular flexibility index (Phi) is 5.95. The van der Waals surface area contributed by atoms with Gasteiger partial charge in [0.2, 0.25) is 15.9 Å². The first-order valence-corrected chi connectivity index (χ1v) is 9.27. The van der Waals surface area contributed by atoms with Gasteiger partial charge in [-0.15, -0.1) is 0 Å². The largest absolute Gasteiger partial charge is 0.480 e. The lowest BCUT2D eigenvalue weighted by atomic mass is 10.1. The number of carbonyl (C=O) groups is 2. The van der Waals surface area contributed by atoms with Crippen molar-refractivity contribution in [2.75, 3.05) is 52.3 Å². The number of morpholine rings is 1. The van der Waals surface area contributed by atoms with Crippen LogP contribution in [0.5, 0.6) is 0 Å². The molecule has 1 amide bonds. The van der Waals surface area contributed by atoms with Crippen molar-refractivity contribution in [3.8, 4) is 0 Å². The fourth-order valence-corrected chi connectivity index (χ4v) is 3.49. The quantitative estimate of drug-likeness (QED) is 0.626. The first-order chi connectivity index (χ1) is 10.8. The van der Waals surface area contributed by atoms with Gasteiger partial charge in [0.1, 0.15) is 6.54 Å². The Labute approximate surface area is 135 Å². The number of sulfonamides is 1. The summed E-state index contributed by atoms with van der Waals surface area (Å²) in [5, 5.41) is 8.84. The highest BCUT2D eigenvalue weighted by Gasteiger charge is 2.33. The minimum atomic E-state index is -3.66. The van der Waals surface area contributed by atoms with Gasteiger partial charge in [-0.1, -0.05) is 0 Å². The first kappa shape index (κ1) is 18.1. The number of hydrogen-bond acceptors (Lipinski definition) is 6. The first-order valence-electron chi connectivity index (χ1n) is 7.42. The molecular formula is C13H22N2O7S. The van der Waals surface area contributed by atoms with Crippen LogP contribution in [-0.2, 0) is 29.1 Å². The summed E-state index contributed by atoms with van der Waals surface area (Å²) >= 11 is 0. The third kappa shape index (κ3) is 5.13. The fourth-order valence-electron chi connectivity index (χ4n) is 2.71. The Morgan fingerprint density at radius 2 is 2.09 bits per heavy atom. The van der Waals surface area contributed by atoms with Crippen molar-refractivity contribution in [2.24, 2.45) is 5.92 Å². The van der Waals surface area contributed by atoms with Crippen molar-refractivity contribution < 1.29 is 32.6 Å². The SMILES string of the molecule is CS(=O)(=O)N(CC(=O)O)C[C@@H]1CN(C(=O)[C@H]2CCOC2)CCO1. The van der Waals surface area contributed by atoms with Crippen molar-refractivity contribution in [1.82, 2.24) is 9.21 Å². The Morgan fingerprint density at radius 3 is 2.65 bits per heavy atom. The van der Waals surface area contributed by atoms with E-state index in [-0.39, 0.29) is 24.9 Å². The van der Waals surface area contributed by atoms with Gasteiger partial charge < -0.3 is 19.5 Å². The van der Waals surface area contributed by atoms with Gasteiger partial charge in [-0.05, 0) is 6.42 Å². The van der Waals surface area contributed by atoms with Gasteiger partial charge in [0, 0.05) is 26.2 Å². The number of amides is 1. The predicted octanol–water partition coefficient (Wildman–Crippen LogP) is -1.40. The van der Waals surface area contributed by atoms with E-state index in [1.165, 1.54) is 0 Å². The number of rotatable bonds is 6. The second-order valence-corrected chi connectivity index (χ2v) is 7.77. The summed E-state index contributed by atoms with van der Waals surface area (Å²) in [6.07, 6.45) is 1.11. The molecule has 10 heteroatoms. The van der Waals surface area contributed by atoms with Gasteiger partial charge >= 0.3 is 5.97 Å². The normalized spacial score (nSPS) is 25.7. The maximum absolute atomic E-state index is 12.4. The van der Waals surface area contributed by atoms with Crippen LogP contribution >= 0.6 is 0 Å². The summed E-state index contributed by atoms with van der Waals surface area (Å²) in [6.45, 7) is 1.28. The van der Waals surface area contributed by atoms with Crippen LogP contribution in [0.25, 0.3) is 0 Å². The van der Waals surface area contributed by atoms with Gasteiger partial charge in [-0.2, -0.15) is 4.31 Å². The molecule has 0 unspecified atom stereocenters. The highest BCUT2D eigenvalue weighted by Crippen LogP contribution is 2.18. The lowest BCUT2D eigenvalue weighted by Gasteiger charge is -2.35. The van der Waals surface area contributed by atoms with Crippen molar-refractivity contribution in [3.05, 3.63) is 0 Å². The molecule has 0 radical (unpaired) electrons. The fraction of sp³-hybridized carbons (Fsp3) is 0.846. The Hall–Kier alpha value is -1.23. The monoisotopic (exact) mass is 350 g/mol. The smallest absolute Gasteiger partial charge is 0.318 e. The number of hydrogen-bond donors (Lipinski definition) is 1. The van der Waals surface area contributed by atoms with Gasteiger partial charge in [-0.25, -0.2) is 8.42 Å². The molecule has 0 saturated carbocycles. The molecule has 132 valence electrons. The Balaban J connectivity index is 1.96. The van der Waals surface area contributed by atoms with Gasteiger partial charge in [0.15, 0.2) is 0 Å². The highest BCUT2D eigenvalue weighted by atomic mass is 32.2. The zero-order valence-electron chi connectivity index (χ0n) is 13.0. The van der Waals surface area contributed by atoms with E-state index in [1.807, 2.05) is 0 Å². The molecule has 2 heterocycles. The molecule has 0 spiro atoms. The molecule has 2 aliphatic heterocycles. The molecule has 0 aromatic rings. The second-order valence-electron chi connectivity index (χ2n) is 5.79. The summed E-state index contributed by atoms with van der Waals surface area (Å²) in [6, 6.07) is 0. The molecule has 1 N–H and O–H groups in total. The van der Waals surface area contributed by atoms with Gasteiger partial charge in [0.05, 0.1) is 31.5 Å². The summed E-state index contributed by atoms with van der Waals surface area (Å²) in [5.74, 6) is -1.40. The van der Waals surface area contributed by atoms with Crippen molar-refractivity contribution in [3.63, 3.8) is 0 Å². The molecule has 23 heavy (non-hydrogen) atoms. The number of aliphatic carboxylic acids is 1. The molecule has 0 bridgehead atoms. The van der Waals surface area contributed by atoms with Gasteiger partial charge in [0.25, 0.3) is 0 Å². The van der Waals surface area contributed by atoms with Crippen molar-refractivity contribution >= 4 is 21.9 Å². The predicted molar refractivity (Wildman–Crippen MR) is 79.3 cm³/mol. The molecular weight excluding hydrogens is 328 g/mol. The second kappa shape index (κ2) is 7.56. The summed E-state index contributed by atoms with van der Waals surface area (Å²) < 4.78 is 34.9. The van der Waals surface area contributed by atoms with Crippen molar-refractivity contribution in [2.45, 2.75) is 12.5 Å². The standard InChI is InChI=1S/C13H22N2O7S/c1-23(19,20)15(8-12(16)17)7-11-6-14(3-5-22-11)13(18)10-2-4-21-9-10/h10-11H,2-9H2,1H3,(H,16,17)/t10-,11-/m0/s1. The van der Waals surface area contributed by atoms with Crippen LogP contribution in [0.3, 0.4) is 0 Å². The zero-order chi connectivity index (χ0) is 17.0. The van der Waals surface area contributed by atoms with E-state index in [4.69, 9.17) is 14.6 Å². The van der Waals surface area contributed by atoms with Crippen LogP contribution in [0.15, 0.2) is 0 Å². The maximum Gasteiger partial charge on any atom is 0.318 e. The van der Waals surface area contributed by atoms with E-state index in [2.05, 4.69) is 0 Å². The van der Waals surface area contributed by atoms with E-state index in [1.54, 1.807) is 4.90 Å². The topological polar surface area (TPSA) is 113 Å². The van der Waals surface area contributed by atoms with E-state index >= 15 is 0 Å². The molecule has 0 aromatic heterocycles. The van der Waals surface area contributed by atoms with Crippen LogP contribution in [0, 0.1) is 5.92 Å². The lowest BCUT2D eigenvalue weighted by Crippen LogP contribution is -2.52. The average molecular weight is 350 g/mol. The van der Waals surface area contributed by atoms with Crippen LogP contribution < -0.4 is 0 Å². The van der Waals surface area contributed by atoms with E-state index in [0.717, 1.165) is 10.6 Å². The minimum Gasteiger partial charge on any atom is -0.480 e. The molecule has 2 saturated heterocycles. The molecule has 9 nitrogen and oxygen atoms in total. The molecule has 2 rings (SSSR count). The summed E-state index contributed by atoms with van der Waals surface area (Å²) in [4.78, 5) is 24.8. The minimum absolute atomic E-state index is 0.0139. The number of ether oxygens (including phenoxy) is 2. The number of carbonyl (C=O) groups excluding carboxylic acids is 1. The molecule has 0 aromatic carbocycles. The molecule has 2 atom stereocenters. The molecule has 0 aliphatic carbocycles. The van der Waals surface area contributed by atoms with E-state index < -0.39 is 28.6 Å². The molecule has 2 aliphatic rings. The van der Waals surface area contributed by atoms with Gasteiger partial charge in [-0.3, -0.25) is 9.59 Å². The third-order valence-electron chi connectivity index (χ3n) is 3.92. The van der Waals surface area contributed by atoms with Crippen LogP contribution in [0.1, 0.15) is 6.42 Å². The Bertz CT molecular complexity index is 545. The molecule has 2 fully saturated rings. The Morgan fingerprint density at radius 1 is 1.35 bits per heavy atom. The van der Waals surface area contributed by atoms with E-state index in [0.29, 0.717) is 32.8 Å². The third-order valence-corrected chi connectivity index (χ3v) is 5.13. The lowest BCUT2D eigenvalue weighted by molar-refractivity contribution is -0.144. The van der Waals surface area contributed by atoms with E-state index in [9.17, 15) is 18.0 Å². The van der Waals surface area contributed by atoms with Crippen LogP contribution in [0.2, 0.25) is 0 Å². The van der Waals surface area contributed by atoms with Crippen LogP contribution in [0.4, 0.5) is 0 Å². The van der Waals surface area contributed by atoms with Crippen molar-refractivity contribution in [1.29, 1.82) is 0 Å². The number of carboxylic acid groups (broad SMARTS) is 1. The summed E-state index contributed by atoms with van der Waals surface area (Å²) in [5.41, 5.74) is 0. The highest BCUT2D eigenvalue weighted by molar-refractivity contribution is 7.88. The zero-order valence-corrected chi connectivity index (χ0v) is 13.8.